The van der Waals surface area contributed by atoms with Gasteiger partial charge < -0.3 is 20.3 Å². The Morgan fingerprint density at radius 1 is 0.936 bits per heavy atom. The summed E-state index contributed by atoms with van der Waals surface area (Å²) in [5.41, 5.74) is 3.38. The van der Waals surface area contributed by atoms with Gasteiger partial charge in [-0.25, -0.2) is 15.0 Å². The van der Waals surface area contributed by atoms with Gasteiger partial charge in [-0.2, -0.15) is 0 Å². The molecule has 1 aromatic heterocycles. The lowest BCUT2D eigenvalue weighted by atomic mass is 10.0. The molecule has 3 saturated heterocycles. The second kappa shape index (κ2) is 14.1. The molecule has 4 aliphatic rings. The van der Waals surface area contributed by atoms with E-state index in [2.05, 4.69) is 41.9 Å². The lowest BCUT2D eigenvalue weighted by molar-refractivity contribution is -0.111. The first-order valence-electron chi connectivity index (χ1n) is 16.6. The number of nitrogens with zero attached hydrogens (tertiary/aromatic N) is 6. The number of amides is 1. The summed E-state index contributed by atoms with van der Waals surface area (Å²) >= 11 is 6.13. The third kappa shape index (κ3) is 7.18. The minimum Gasteiger partial charge on any atom is -0.494 e. The quantitative estimate of drug-likeness (QED) is 0.267. The molecule has 0 bridgehead atoms. The first-order valence-corrected chi connectivity index (χ1v) is 17.0. The highest BCUT2D eigenvalue weighted by molar-refractivity contribution is 6.30. The van der Waals surface area contributed by atoms with E-state index >= 15 is 0 Å². The zero-order valence-corrected chi connectivity index (χ0v) is 27.7. The summed E-state index contributed by atoms with van der Waals surface area (Å²) in [6, 6.07) is 15.0. The molecule has 1 amide bonds. The predicted octanol–water partition coefficient (Wildman–Crippen LogP) is 5.64. The van der Waals surface area contributed by atoms with Crippen LogP contribution in [0.2, 0.25) is 5.02 Å². The van der Waals surface area contributed by atoms with Gasteiger partial charge in [-0.15, -0.1) is 0 Å². The van der Waals surface area contributed by atoms with Gasteiger partial charge >= 0.3 is 0 Å². The normalized spacial score (nSPS) is 21.1. The van der Waals surface area contributed by atoms with Crippen molar-refractivity contribution in [1.82, 2.24) is 19.8 Å². The van der Waals surface area contributed by atoms with Crippen molar-refractivity contribution in [3.63, 3.8) is 0 Å². The number of piperazine rings is 1. The SMILES string of the molecule is C=CC(=O)Nc1cc(Nc2cc(N3OCC[C@@H]3c3ccc(Cl)cc3)ncn2)c(OC)cc1N1CCC(N2CCN(C3CC3)CC2)CC1. The Morgan fingerprint density at radius 2 is 1.64 bits per heavy atom. The summed E-state index contributed by atoms with van der Waals surface area (Å²) in [5, 5.41) is 8.94. The Kier molecular flexibility index (Phi) is 9.48. The third-order valence-electron chi connectivity index (χ3n) is 9.80. The summed E-state index contributed by atoms with van der Waals surface area (Å²) in [5.74, 6) is 1.57. The highest BCUT2D eigenvalue weighted by Gasteiger charge is 2.34. The summed E-state index contributed by atoms with van der Waals surface area (Å²) < 4.78 is 5.88. The average molecular weight is 659 g/mol. The maximum atomic E-state index is 12.6. The van der Waals surface area contributed by atoms with Crippen LogP contribution in [0, 0.1) is 0 Å². The molecule has 1 atom stereocenters. The van der Waals surface area contributed by atoms with Crippen LogP contribution >= 0.6 is 11.6 Å². The van der Waals surface area contributed by atoms with Gasteiger partial charge in [-0.1, -0.05) is 30.3 Å². The van der Waals surface area contributed by atoms with E-state index in [0.717, 1.165) is 62.7 Å². The average Bonchev–Trinajstić information content (AvgIpc) is 3.85. The molecule has 4 fully saturated rings. The third-order valence-corrected chi connectivity index (χ3v) is 10.0. The zero-order chi connectivity index (χ0) is 32.3. The highest BCUT2D eigenvalue weighted by atomic mass is 35.5. The molecule has 11 nitrogen and oxygen atoms in total. The van der Waals surface area contributed by atoms with E-state index < -0.39 is 0 Å². The van der Waals surface area contributed by atoms with Crippen LogP contribution in [0.25, 0.3) is 0 Å². The molecular formula is C35H43ClN8O3. The predicted molar refractivity (Wildman–Crippen MR) is 186 cm³/mol. The molecule has 3 aromatic rings. The Balaban J connectivity index is 1.08. The number of benzene rings is 2. The number of anilines is 5. The van der Waals surface area contributed by atoms with Crippen molar-refractivity contribution in [1.29, 1.82) is 0 Å². The zero-order valence-electron chi connectivity index (χ0n) is 26.9. The van der Waals surface area contributed by atoms with E-state index in [1.807, 2.05) is 47.5 Å². The number of methoxy groups -OCH3 is 1. The van der Waals surface area contributed by atoms with Gasteiger partial charge in [0.25, 0.3) is 0 Å². The van der Waals surface area contributed by atoms with Crippen molar-refractivity contribution < 1.29 is 14.4 Å². The minimum absolute atomic E-state index is 0.000965. The van der Waals surface area contributed by atoms with Gasteiger partial charge in [0.2, 0.25) is 5.91 Å². The number of carbonyl (C=O) groups excluding carboxylic acids is 1. The van der Waals surface area contributed by atoms with Gasteiger partial charge in [0.15, 0.2) is 5.82 Å². The number of hydrogen-bond acceptors (Lipinski definition) is 10. The van der Waals surface area contributed by atoms with Crippen molar-refractivity contribution in [2.45, 2.75) is 50.2 Å². The molecular weight excluding hydrogens is 616 g/mol. The molecule has 0 unspecified atom stereocenters. The van der Waals surface area contributed by atoms with Crippen LogP contribution in [0.4, 0.5) is 28.7 Å². The van der Waals surface area contributed by atoms with Crippen molar-refractivity contribution >= 4 is 46.2 Å². The van der Waals surface area contributed by atoms with Crippen LogP contribution < -0.4 is 25.3 Å². The number of aromatic nitrogens is 2. The number of piperidine rings is 1. The van der Waals surface area contributed by atoms with Crippen molar-refractivity contribution in [3.8, 4) is 5.75 Å². The molecule has 2 aromatic carbocycles. The molecule has 7 rings (SSSR count). The summed E-state index contributed by atoms with van der Waals surface area (Å²) in [6.07, 6.45) is 8.54. The Labute approximate surface area is 281 Å². The van der Waals surface area contributed by atoms with Crippen LogP contribution in [0.1, 0.15) is 43.7 Å². The number of halogens is 1. The van der Waals surface area contributed by atoms with Crippen LogP contribution in [0.5, 0.6) is 5.75 Å². The van der Waals surface area contributed by atoms with Crippen molar-refractivity contribution in [2.24, 2.45) is 0 Å². The molecule has 12 heteroatoms. The lowest BCUT2D eigenvalue weighted by Crippen LogP contribution is -2.53. The Morgan fingerprint density at radius 3 is 2.30 bits per heavy atom. The van der Waals surface area contributed by atoms with Gasteiger partial charge in [0.05, 0.1) is 36.8 Å². The number of hydrogen-bond donors (Lipinski definition) is 2. The summed E-state index contributed by atoms with van der Waals surface area (Å²) in [6.45, 7) is 10.8. The number of ether oxygens (including phenoxy) is 1. The maximum absolute atomic E-state index is 12.6. The molecule has 4 heterocycles. The molecule has 2 N–H and O–H groups in total. The molecule has 1 aliphatic carbocycles. The highest BCUT2D eigenvalue weighted by Crippen LogP contribution is 2.41. The molecule has 0 spiro atoms. The van der Waals surface area contributed by atoms with E-state index in [0.29, 0.717) is 46.4 Å². The fourth-order valence-electron chi connectivity index (χ4n) is 7.12. The Bertz CT molecular complexity index is 1570. The van der Waals surface area contributed by atoms with Crippen molar-refractivity contribution in [2.75, 3.05) is 73.6 Å². The molecule has 1 saturated carbocycles. The van der Waals surface area contributed by atoms with Crippen LogP contribution in [-0.2, 0) is 9.63 Å². The van der Waals surface area contributed by atoms with Gasteiger partial charge in [0.1, 0.15) is 17.9 Å². The van der Waals surface area contributed by atoms with Crippen molar-refractivity contribution in [3.05, 3.63) is 72.0 Å². The molecule has 3 aliphatic heterocycles. The van der Waals surface area contributed by atoms with Crippen LogP contribution in [0.3, 0.4) is 0 Å². The first-order chi connectivity index (χ1) is 23.0. The topological polar surface area (TPSA) is 98.3 Å². The molecule has 248 valence electrons. The lowest BCUT2D eigenvalue weighted by Gasteiger charge is -2.43. The summed E-state index contributed by atoms with van der Waals surface area (Å²) in [7, 11) is 1.65. The number of rotatable bonds is 10. The van der Waals surface area contributed by atoms with Crippen LogP contribution in [-0.4, -0.2) is 90.7 Å². The maximum Gasteiger partial charge on any atom is 0.247 e. The monoisotopic (exact) mass is 658 g/mol. The molecule has 47 heavy (non-hydrogen) atoms. The molecule has 0 radical (unpaired) electrons. The van der Waals surface area contributed by atoms with E-state index in [4.69, 9.17) is 21.2 Å². The smallest absolute Gasteiger partial charge is 0.247 e. The van der Waals surface area contributed by atoms with E-state index in [1.165, 1.54) is 38.3 Å². The second-order valence-electron chi connectivity index (χ2n) is 12.7. The van der Waals surface area contributed by atoms with E-state index in [-0.39, 0.29) is 11.9 Å². The van der Waals surface area contributed by atoms with Gasteiger partial charge in [0, 0.05) is 74.9 Å². The fourth-order valence-corrected chi connectivity index (χ4v) is 7.24. The largest absolute Gasteiger partial charge is 0.494 e. The van der Waals surface area contributed by atoms with E-state index in [9.17, 15) is 4.79 Å². The minimum atomic E-state index is -0.269. The number of hydroxylamine groups is 1. The number of carbonyl (C=O) groups is 1. The van der Waals surface area contributed by atoms with Crippen LogP contribution in [0.15, 0.2) is 61.4 Å². The van der Waals surface area contributed by atoms with E-state index in [1.54, 1.807) is 7.11 Å². The summed E-state index contributed by atoms with van der Waals surface area (Å²) in [4.78, 5) is 35.3. The van der Waals surface area contributed by atoms with Gasteiger partial charge in [-0.3, -0.25) is 19.4 Å². The van der Waals surface area contributed by atoms with Gasteiger partial charge in [-0.05, 0) is 55.5 Å². The number of nitrogens with one attached hydrogen (secondary N) is 2. The fraction of sp³-hybridized carbons (Fsp3) is 0.457. The second-order valence-corrected chi connectivity index (χ2v) is 13.1. The first kappa shape index (κ1) is 31.7. The standard InChI is InChI=1S/C35H43ClN8O3/c1-3-35(45)40-28-20-29(39-33-22-34(38-23-37-33)44-30(12-19-47-44)24-4-6-25(36)7-5-24)32(46-2)21-31(28)43-13-10-27(11-14-43)42-17-15-41(16-18-42)26-8-9-26/h3-7,20-23,26-27,30H,1,8-19H2,2H3,(H,40,45)(H,37,38,39)/t30-/m1/s1. The Hall–Kier alpha value is -3.90.